The van der Waals surface area contributed by atoms with Gasteiger partial charge >= 0.3 is 0 Å². The Kier molecular flexibility index (Phi) is 7.61. The summed E-state index contributed by atoms with van der Waals surface area (Å²) in [7, 11) is 0. The fraction of sp³-hybridized carbons (Fsp3) is 0.375. The lowest BCUT2D eigenvalue weighted by molar-refractivity contribution is 0.0601. The van der Waals surface area contributed by atoms with Crippen LogP contribution < -0.4 is 9.64 Å². The molecule has 0 saturated heterocycles. The summed E-state index contributed by atoms with van der Waals surface area (Å²) in [6.45, 7) is 23.9. The van der Waals surface area contributed by atoms with Crippen molar-refractivity contribution in [2.45, 2.75) is 117 Å². The first-order valence-electron chi connectivity index (χ1n) is 20.0. The molecule has 0 radical (unpaired) electrons. The molecular weight excluding hydrogens is 651 g/mol. The van der Waals surface area contributed by atoms with Gasteiger partial charge in [0, 0.05) is 31.5 Å². The first-order valence-corrected chi connectivity index (χ1v) is 19.0. The van der Waals surface area contributed by atoms with E-state index >= 15 is 0 Å². The van der Waals surface area contributed by atoms with Crippen molar-refractivity contribution in [3.63, 3.8) is 0 Å². The van der Waals surface area contributed by atoms with Gasteiger partial charge in [0.05, 0.1) is 11.4 Å². The molecule has 2 aliphatic heterocycles. The van der Waals surface area contributed by atoms with Gasteiger partial charge in [-0.25, -0.2) is 9.98 Å². The lowest BCUT2D eigenvalue weighted by atomic mass is 9.72. The van der Waals surface area contributed by atoms with Crippen LogP contribution in [0.15, 0.2) is 90.1 Å². The molecule has 8 rings (SSSR count). The van der Waals surface area contributed by atoms with Gasteiger partial charge in [-0.1, -0.05) is 78.8 Å². The highest BCUT2D eigenvalue weighted by molar-refractivity contribution is 5.96. The number of fused-ring (bicyclic) bond motifs is 5. The first kappa shape index (κ1) is 32.7. The van der Waals surface area contributed by atoms with Crippen LogP contribution in [0.3, 0.4) is 0 Å². The molecule has 0 amide bonds. The Morgan fingerprint density at radius 1 is 0.906 bits per heavy atom. The van der Waals surface area contributed by atoms with Gasteiger partial charge in [0.25, 0.3) is 0 Å². The number of ether oxygens (including phenoxy) is 2. The van der Waals surface area contributed by atoms with Crippen LogP contribution in [0.1, 0.15) is 132 Å². The largest absolute Gasteiger partial charge is 0.468 e. The monoisotopic (exact) mass is 705 g/mol. The lowest BCUT2D eigenvalue weighted by Crippen LogP contribution is -2.36. The zero-order valence-electron chi connectivity index (χ0n) is 35.1. The average molecular weight is 706 g/mol. The Hall–Kier alpha value is -4.90. The van der Waals surface area contributed by atoms with Gasteiger partial charge in [-0.05, 0) is 139 Å². The number of pyridine rings is 1. The Balaban J connectivity index is 1.19. The standard InChI is InChI=1S/C48H53N3O2/c1-28(2)32-23-33(45-50-43-39-16-14-30(4)31(5)38(39)18-19-48(43,11)53-45)25-37(24-32)52-36-22-29(3)21-35(27-36)51-42-17-15-34(46(6,7)8)26-41(42)47(9,10)40-13-12-20-49-44(40)51/h12-17,20-28,43H,18-19H2,1-11H3/t43-,48+/m1/s1/i18D2. The van der Waals surface area contributed by atoms with Crippen molar-refractivity contribution < 1.29 is 12.2 Å². The minimum absolute atomic E-state index is 0.0141. The van der Waals surface area contributed by atoms with Crippen molar-refractivity contribution in [1.82, 2.24) is 4.98 Å². The molecule has 0 N–H and O–H groups in total. The molecule has 1 aromatic heterocycles. The van der Waals surface area contributed by atoms with E-state index in [0.717, 1.165) is 61.9 Å². The average Bonchev–Trinajstić information content (AvgIpc) is 3.45. The quantitative estimate of drug-likeness (QED) is 0.183. The number of benzene rings is 4. The number of hydrogen-bond acceptors (Lipinski definition) is 5. The molecule has 53 heavy (non-hydrogen) atoms. The highest BCUT2D eigenvalue weighted by Crippen LogP contribution is 2.53. The first-order chi connectivity index (χ1) is 25.8. The van der Waals surface area contributed by atoms with Crippen LogP contribution in [0.5, 0.6) is 11.5 Å². The number of aryl methyl sites for hydroxylation is 2. The third-order valence-electron chi connectivity index (χ3n) is 11.7. The van der Waals surface area contributed by atoms with Crippen LogP contribution in [0.25, 0.3) is 0 Å². The van der Waals surface area contributed by atoms with E-state index in [0.29, 0.717) is 11.6 Å². The van der Waals surface area contributed by atoms with E-state index in [2.05, 4.69) is 121 Å². The van der Waals surface area contributed by atoms with Crippen LogP contribution in [-0.2, 0) is 21.9 Å². The van der Waals surface area contributed by atoms with Crippen molar-refractivity contribution >= 4 is 23.1 Å². The summed E-state index contributed by atoms with van der Waals surface area (Å²) in [5.74, 6) is 3.09. The molecule has 5 nitrogen and oxygen atoms in total. The Labute approximate surface area is 318 Å². The highest BCUT2D eigenvalue weighted by atomic mass is 16.5. The van der Waals surface area contributed by atoms with Crippen molar-refractivity contribution in [2.75, 3.05) is 4.90 Å². The van der Waals surface area contributed by atoms with Crippen molar-refractivity contribution in [3.05, 3.63) is 141 Å². The summed E-state index contributed by atoms with van der Waals surface area (Å²) in [6.07, 6.45) is 0.566. The normalized spacial score (nSPS) is 21.4. The number of nitrogens with zero attached hydrogens (tertiary/aromatic N) is 3. The maximum Gasteiger partial charge on any atom is 0.217 e. The van der Waals surface area contributed by atoms with E-state index in [1.807, 2.05) is 45.2 Å². The SMILES string of the molecule is [2H]C1([2H])C[C@]2(C)OC(c3cc(Oc4cc(C)cc(N5c6ccc(C(C)(C)C)cc6C(C)(C)c6cccnc65)c4)cc(C(C)C)c3)=N[C@@H]2c2ccc(C)c(C)c21. The minimum atomic E-state index is -1.53. The van der Waals surface area contributed by atoms with Crippen LogP contribution in [0.4, 0.5) is 17.2 Å². The second-order valence-corrected chi connectivity index (χ2v) is 17.4. The van der Waals surface area contributed by atoms with E-state index in [1.54, 1.807) is 0 Å². The highest BCUT2D eigenvalue weighted by Gasteiger charge is 2.47. The summed E-state index contributed by atoms with van der Waals surface area (Å²) in [5.41, 5.74) is 11.6. The van der Waals surface area contributed by atoms with E-state index in [4.69, 9.17) is 22.2 Å². The molecule has 0 unspecified atom stereocenters. The summed E-state index contributed by atoms with van der Waals surface area (Å²) in [4.78, 5) is 12.5. The van der Waals surface area contributed by atoms with Crippen LogP contribution in [0, 0.1) is 20.8 Å². The molecule has 0 spiro atoms. The zero-order valence-corrected chi connectivity index (χ0v) is 33.1. The molecule has 5 heteroatoms. The van der Waals surface area contributed by atoms with Crippen molar-refractivity contribution in [3.8, 4) is 11.5 Å². The molecule has 4 aromatic carbocycles. The Bertz CT molecular complexity index is 2410. The van der Waals surface area contributed by atoms with E-state index < -0.39 is 12.0 Å². The fourth-order valence-electron chi connectivity index (χ4n) is 8.26. The second-order valence-electron chi connectivity index (χ2n) is 17.4. The molecule has 0 bridgehead atoms. The second kappa shape index (κ2) is 12.3. The topological polar surface area (TPSA) is 47.0 Å². The molecule has 1 aliphatic carbocycles. The van der Waals surface area contributed by atoms with Gasteiger partial charge in [0.1, 0.15) is 29.0 Å². The molecule has 272 valence electrons. The minimum Gasteiger partial charge on any atom is -0.468 e. The summed E-state index contributed by atoms with van der Waals surface area (Å²) < 4.78 is 31.7. The third-order valence-corrected chi connectivity index (χ3v) is 11.7. The van der Waals surface area contributed by atoms with E-state index in [9.17, 15) is 0 Å². The number of aromatic nitrogens is 1. The summed E-state index contributed by atoms with van der Waals surface area (Å²) in [6, 6.07) is 27.6. The van der Waals surface area contributed by atoms with Gasteiger partial charge < -0.3 is 9.47 Å². The van der Waals surface area contributed by atoms with Gasteiger partial charge in [-0.2, -0.15) is 0 Å². The predicted molar refractivity (Wildman–Crippen MR) is 218 cm³/mol. The fourth-order valence-corrected chi connectivity index (χ4v) is 8.26. The van der Waals surface area contributed by atoms with Crippen molar-refractivity contribution in [2.24, 2.45) is 4.99 Å². The maximum absolute atomic E-state index is 9.09. The molecule has 3 heterocycles. The van der Waals surface area contributed by atoms with Gasteiger partial charge in [0.15, 0.2) is 0 Å². The molecule has 0 fully saturated rings. The summed E-state index contributed by atoms with van der Waals surface area (Å²) in [5, 5.41) is 0. The summed E-state index contributed by atoms with van der Waals surface area (Å²) >= 11 is 0. The molecule has 5 aromatic rings. The zero-order chi connectivity index (χ0) is 39.4. The van der Waals surface area contributed by atoms with E-state index in [-0.39, 0.29) is 29.2 Å². The van der Waals surface area contributed by atoms with Crippen molar-refractivity contribution in [1.29, 1.82) is 0 Å². The molecular formula is C48H53N3O2. The van der Waals surface area contributed by atoms with Crippen LogP contribution in [-0.4, -0.2) is 16.5 Å². The van der Waals surface area contributed by atoms with Gasteiger partial charge in [-0.15, -0.1) is 0 Å². The molecule has 3 aliphatic rings. The lowest BCUT2D eigenvalue weighted by Gasteiger charge is -2.41. The van der Waals surface area contributed by atoms with Crippen LogP contribution >= 0.6 is 0 Å². The smallest absolute Gasteiger partial charge is 0.217 e. The van der Waals surface area contributed by atoms with Gasteiger partial charge in [-0.3, -0.25) is 4.90 Å². The third kappa shape index (κ3) is 5.93. The Morgan fingerprint density at radius 3 is 2.43 bits per heavy atom. The van der Waals surface area contributed by atoms with Gasteiger partial charge in [0.2, 0.25) is 5.90 Å². The molecule has 0 saturated carbocycles. The number of hydrogen-bond donors (Lipinski definition) is 0. The number of anilines is 3. The maximum atomic E-state index is 9.09. The Morgan fingerprint density at radius 2 is 1.68 bits per heavy atom. The van der Waals surface area contributed by atoms with E-state index in [1.165, 1.54) is 16.7 Å². The number of rotatable bonds is 5. The van der Waals surface area contributed by atoms with Crippen LogP contribution in [0.2, 0.25) is 0 Å². The predicted octanol–water partition coefficient (Wildman–Crippen LogP) is 12.6. The number of aliphatic imine (C=N–C) groups is 1. The molecule has 2 atom stereocenters.